The van der Waals surface area contributed by atoms with E-state index >= 15 is 0 Å². The Balaban J connectivity index is 1.69. The number of benzene rings is 1. The second-order valence-electron chi connectivity index (χ2n) is 5.83. The van der Waals surface area contributed by atoms with E-state index < -0.39 is 0 Å². The smallest absolute Gasteiger partial charge is 0.0320 e. The predicted octanol–water partition coefficient (Wildman–Crippen LogP) is 2.82. The fraction of sp³-hybridized carbons (Fsp3) is 0.625. The summed E-state index contributed by atoms with van der Waals surface area (Å²) in [6.45, 7) is 6.00. The Labute approximate surface area is 110 Å². The molecule has 1 heterocycles. The van der Waals surface area contributed by atoms with Crippen LogP contribution in [0.1, 0.15) is 37.8 Å². The molecule has 0 bridgehead atoms. The number of nitrogens with one attached hydrogen (secondary N) is 1. The summed E-state index contributed by atoms with van der Waals surface area (Å²) in [5, 5.41) is 3.74. The molecule has 1 aliphatic heterocycles. The first-order valence-electron chi connectivity index (χ1n) is 7.37. The van der Waals surface area contributed by atoms with Crippen LogP contribution in [0.5, 0.6) is 0 Å². The van der Waals surface area contributed by atoms with E-state index in [1.165, 1.54) is 44.5 Å². The van der Waals surface area contributed by atoms with Crippen LogP contribution in [0, 0.1) is 5.92 Å². The Kier molecular flexibility index (Phi) is 3.67. The lowest BCUT2D eigenvalue weighted by Gasteiger charge is -2.30. The van der Waals surface area contributed by atoms with Crippen LogP contribution >= 0.6 is 0 Å². The average molecular weight is 244 g/mol. The van der Waals surface area contributed by atoms with Crippen LogP contribution in [0.2, 0.25) is 0 Å². The topological polar surface area (TPSA) is 15.3 Å². The summed E-state index contributed by atoms with van der Waals surface area (Å²) in [6.07, 6.45) is 4.15. The summed E-state index contributed by atoms with van der Waals surface area (Å²) in [7, 11) is 0. The van der Waals surface area contributed by atoms with E-state index in [2.05, 4.69) is 47.5 Å². The van der Waals surface area contributed by atoms with E-state index in [0.717, 1.165) is 12.0 Å². The first-order chi connectivity index (χ1) is 8.84. The molecule has 2 atom stereocenters. The molecule has 0 amide bonds. The van der Waals surface area contributed by atoms with Crippen LogP contribution in [0.3, 0.4) is 0 Å². The molecular formula is C16H24N2. The van der Waals surface area contributed by atoms with Crippen LogP contribution in [-0.2, 0) is 0 Å². The van der Waals surface area contributed by atoms with Gasteiger partial charge in [-0.15, -0.1) is 0 Å². The lowest BCUT2D eigenvalue weighted by Crippen LogP contribution is -2.40. The van der Waals surface area contributed by atoms with Crippen molar-refractivity contribution in [2.24, 2.45) is 5.92 Å². The molecule has 3 rings (SSSR count). The highest BCUT2D eigenvalue weighted by Gasteiger charge is 2.34. The highest BCUT2D eigenvalue weighted by Crippen LogP contribution is 2.34. The van der Waals surface area contributed by atoms with Gasteiger partial charge in [0.25, 0.3) is 0 Å². The van der Waals surface area contributed by atoms with Crippen LogP contribution in [0.25, 0.3) is 0 Å². The number of hydrogen-bond donors (Lipinski definition) is 1. The number of rotatable bonds is 3. The van der Waals surface area contributed by atoms with Gasteiger partial charge in [0, 0.05) is 25.2 Å². The van der Waals surface area contributed by atoms with E-state index in [9.17, 15) is 0 Å². The zero-order chi connectivity index (χ0) is 12.4. The minimum Gasteiger partial charge on any atom is -0.312 e. The summed E-state index contributed by atoms with van der Waals surface area (Å²) in [6, 6.07) is 12.2. The summed E-state index contributed by atoms with van der Waals surface area (Å²) < 4.78 is 0. The first kappa shape index (κ1) is 12.2. The Morgan fingerprint density at radius 2 is 2.00 bits per heavy atom. The minimum absolute atomic E-state index is 0.548. The van der Waals surface area contributed by atoms with Crippen molar-refractivity contribution in [2.45, 2.75) is 38.3 Å². The average Bonchev–Trinajstić information content (AvgIpc) is 3.24. The molecule has 1 saturated heterocycles. The van der Waals surface area contributed by atoms with Crippen molar-refractivity contribution >= 4 is 0 Å². The molecule has 2 fully saturated rings. The second-order valence-corrected chi connectivity index (χ2v) is 5.83. The third kappa shape index (κ3) is 2.76. The largest absolute Gasteiger partial charge is 0.312 e. The number of nitrogens with zero attached hydrogens (tertiary/aromatic N) is 1. The molecule has 1 aromatic rings. The first-order valence-corrected chi connectivity index (χ1v) is 7.37. The molecule has 0 spiro atoms. The number of hydrogen-bond acceptors (Lipinski definition) is 2. The van der Waals surface area contributed by atoms with Gasteiger partial charge in [-0.2, -0.15) is 0 Å². The molecule has 0 aromatic heterocycles. The maximum atomic E-state index is 3.74. The maximum absolute atomic E-state index is 3.74. The second kappa shape index (κ2) is 5.41. The molecule has 2 unspecified atom stereocenters. The third-order valence-corrected chi connectivity index (χ3v) is 4.48. The van der Waals surface area contributed by atoms with Crippen LogP contribution in [-0.4, -0.2) is 30.6 Å². The van der Waals surface area contributed by atoms with E-state index in [-0.39, 0.29) is 0 Å². The summed E-state index contributed by atoms with van der Waals surface area (Å²) in [5.41, 5.74) is 1.45. The monoisotopic (exact) mass is 244 g/mol. The predicted molar refractivity (Wildman–Crippen MR) is 75.6 cm³/mol. The van der Waals surface area contributed by atoms with E-state index in [0.29, 0.717) is 6.04 Å². The highest BCUT2D eigenvalue weighted by molar-refractivity contribution is 5.18. The van der Waals surface area contributed by atoms with Gasteiger partial charge in [-0.1, -0.05) is 30.3 Å². The Bertz CT molecular complexity index is 372. The molecule has 1 aromatic carbocycles. The highest BCUT2D eigenvalue weighted by atomic mass is 15.2. The summed E-state index contributed by atoms with van der Waals surface area (Å²) in [5.74, 6) is 0.952. The third-order valence-electron chi connectivity index (χ3n) is 4.48. The Hall–Kier alpha value is -0.860. The van der Waals surface area contributed by atoms with E-state index in [4.69, 9.17) is 0 Å². The van der Waals surface area contributed by atoms with Crippen molar-refractivity contribution in [1.82, 2.24) is 10.2 Å². The minimum atomic E-state index is 0.548. The SMILES string of the molecule is CC(c1ccccc1)N1CCCNC(C2CC2)C1. The van der Waals surface area contributed by atoms with Crippen molar-refractivity contribution in [3.63, 3.8) is 0 Å². The van der Waals surface area contributed by atoms with Gasteiger partial charge in [0.1, 0.15) is 0 Å². The van der Waals surface area contributed by atoms with Gasteiger partial charge in [-0.25, -0.2) is 0 Å². The van der Waals surface area contributed by atoms with E-state index in [1.807, 2.05) is 0 Å². The van der Waals surface area contributed by atoms with Gasteiger partial charge < -0.3 is 5.32 Å². The van der Waals surface area contributed by atoms with Crippen LogP contribution in [0.15, 0.2) is 30.3 Å². The van der Waals surface area contributed by atoms with Gasteiger partial charge in [0.15, 0.2) is 0 Å². The zero-order valence-electron chi connectivity index (χ0n) is 11.3. The molecule has 98 valence electrons. The Morgan fingerprint density at radius 3 is 2.72 bits per heavy atom. The molecule has 1 N–H and O–H groups in total. The fourth-order valence-electron chi connectivity index (χ4n) is 3.09. The molecule has 2 heteroatoms. The van der Waals surface area contributed by atoms with Gasteiger partial charge in [-0.3, -0.25) is 4.90 Å². The fourth-order valence-corrected chi connectivity index (χ4v) is 3.09. The standard InChI is InChI=1S/C16H24N2/c1-13(14-6-3-2-4-7-14)18-11-5-10-17-16(12-18)15-8-9-15/h2-4,6-7,13,15-17H,5,8-12H2,1H3. The molecule has 2 aliphatic rings. The van der Waals surface area contributed by atoms with Crippen molar-refractivity contribution in [1.29, 1.82) is 0 Å². The lowest BCUT2D eigenvalue weighted by molar-refractivity contribution is 0.200. The van der Waals surface area contributed by atoms with Crippen LogP contribution < -0.4 is 5.32 Å². The van der Waals surface area contributed by atoms with Crippen molar-refractivity contribution in [3.8, 4) is 0 Å². The molecule has 1 aliphatic carbocycles. The van der Waals surface area contributed by atoms with Gasteiger partial charge in [-0.05, 0) is 44.2 Å². The summed E-state index contributed by atoms with van der Waals surface area (Å²) in [4.78, 5) is 2.66. The van der Waals surface area contributed by atoms with Gasteiger partial charge in [0.2, 0.25) is 0 Å². The molecule has 0 radical (unpaired) electrons. The van der Waals surface area contributed by atoms with Crippen LogP contribution in [0.4, 0.5) is 0 Å². The zero-order valence-corrected chi connectivity index (χ0v) is 11.3. The molecular weight excluding hydrogens is 220 g/mol. The van der Waals surface area contributed by atoms with Crippen molar-refractivity contribution in [3.05, 3.63) is 35.9 Å². The van der Waals surface area contributed by atoms with E-state index in [1.54, 1.807) is 0 Å². The molecule has 18 heavy (non-hydrogen) atoms. The quantitative estimate of drug-likeness (QED) is 0.879. The van der Waals surface area contributed by atoms with Crippen molar-refractivity contribution < 1.29 is 0 Å². The molecule has 1 saturated carbocycles. The normalized spacial score (nSPS) is 27.7. The van der Waals surface area contributed by atoms with Gasteiger partial charge >= 0.3 is 0 Å². The Morgan fingerprint density at radius 1 is 1.22 bits per heavy atom. The summed E-state index contributed by atoms with van der Waals surface area (Å²) >= 11 is 0. The van der Waals surface area contributed by atoms with Gasteiger partial charge in [0.05, 0.1) is 0 Å². The van der Waals surface area contributed by atoms with Crippen molar-refractivity contribution in [2.75, 3.05) is 19.6 Å². The molecule has 2 nitrogen and oxygen atoms in total. The maximum Gasteiger partial charge on any atom is 0.0320 e. The lowest BCUT2D eigenvalue weighted by atomic mass is 10.1.